The van der Waals surface area contributed by atoms with Crippen LogP contribution in [0.15, 0.2) is 24.3 Å². The number of non-ortho nitro benzene ring substituents is 1. The normalized spacial score (nSPS) is 13.8. The molecule has 0 radical (unpaired) electrons. The molecule has 0 aromatic heterocycles. The number of carbonyl (C=O) groups is 1. The van der Waals surface area contributed by atoms with E-state index in [2.05, 4.69) is 12.6 Å². The fourth-order valence-electron chi connectivity index (χ4n) is 1.01. The number of nitrogens with two attached hydrogens (primary N) is 1. The van der Waals surface area contributed by atoms with Gasteiger partial charge in [0.15, 0.2) is 4.87 Å². The zero-order valence-electron chi connectivity index (χ0n) is 9.12. The number of nitro benzene ring substituents is 1. The number of nitrogens with zero attached hydrogens (tertiary/aromatic N) is 1. The lowest BCUT2D eigenvalue weighted by Gasteiger charge is -2.15. The number of carbonyl (C=O) groups excluding carboxylic acids is 1. The Kier molecular flexibility index (Phi) is 4.08. The molecule has 1 atom stereocenters. The van der Waals surface area contributed by atoms with Gasteiger partial charge in [0, 0.05) is 12.1 Å². The van der Waals surface area contributed by atoms with Gasteiger partial charge in [-0.05, 0) is 24.6 Å². The van der Waals surface area contributed by atoms with Gasteiger partial charge in [0.1, 0.15) is 6.61 Å². The van der Waals surface area contributed by atoms with E-state index in [1.54, 1.807) is 0 Å². The summed E-state index contributed by atoms with van der Waals surface area (Å²) in [6, 6.07) is 5.70. The van der Waals surface area contributed by atoms with E-state index in [-0.39, 0.29) is 12.3 Å². The highest BCUT2D eigenvalue weighted by Crippen LogP contribution is 2.14. The molecule has 0 aliphatic heterocycles. The third kappa shape index (κ3) is 4.04. The standard InChI is InChI=1S/C10H12N2O4S/c1-10(11,17)9(13)16-6-7-2-4-8(5-3-7)12(14)15/h2-5,17H,6,11H2,1H3. The van der Waals surface area contributed by atoms with Crippen LogP contribution in [0.4, 0.5) is 5.69 Å². The van der Waals surface area contributed by atoms with Crippen LogP contribution < -0.4 is 5.73 Å². The first-order chi connectivity index (χ1) is 7.80. The molecule has 0 bridgehead atoms. The molecule has 0 saturated heterocycles. The molecule has 0 fully saturated rings. The number of rotatable bonds is 4. The molecule has 92 valence electrons. The van der Waals surface area contributed by atoms with E-state index < -0.39 is 15.8 Å². The smallest absolute Gasteiger partial charge is 0.336 e. The van der Waals surface area contributed by atoms with Crippen LogP contribution in [0, 0.1) is 10.1 Å². The Morgan fingerprint density at radius 3 is 2.47 bits per heavy atom. The summed E-state index contributed by atoms with van der Waals surface area (Å²) >= 11 is 3.85. The fraction of sp³-hybridized carbons (Fsp3) is 0.300. The molecule has 7 heteroatoms. The first-order valence-corrected chi connectivity index (χ1v) is 5.17. The summed E-state index contributed by atoms with van der Waals surface area (Å²) in [5.74, 6) is -0.654. The van der Waals surface area contributed by atoms with Gasteiger partial charge < -0.3 is 10.5 Å². The molecular weight excluding hydrogens is 244 g/mol. The van der Waals surface area contributed by atoms with Gasteiger partial charge in [-0.3, -0.25) is 10.1 Å². The van der Waals surface area contributed by atoms with E-state index in [1.165, 1.54) is 31.2 Å². The first-order valence-electron chi connectivity index (χ1n) is 4.72. The predicted molar refractivity (Wildman–Crippen MR) is 64.5 cm³/mol. The largest absolute Gasteiger partial charge is 0.459 e. The van der Waals surface area contributed by atoms with Gasteiger partial charge in [-0.1, -0.05) is 0 Å². The summed E-state index contributed by atoms with van der Waals surface area (Å²) in [7, 11) is 0. The summed E-state index contributed by atoms with van der Waals surface area (Å²) in [5, 5.41) is 10.4. The Hall–Kier alpha value is -1.60. The molecule has 0 amide bonds. The van der Waals surface area contributed by atoms with Gasteiger partial charge in [-0.25, -0.2) is 4.79 Å². The van der Waals surface area contributed by atoms with Crippen LogP contribution in [0.1, 0.15) is 12.5 Å². The van der Waals surface area contributed by atoms with Crippen LogP contribution in [-0.2, 0) is 16.1 Å². The zero-order chi connectivity index (χ0) is 13.1. The highest BCUT2D eigenvalue weighted by molar-refractivity contribution is 7.82. The molecule has 0 spiro atoms. The number of benzene rings is 1. The number of nitro groups is 1. The second-order valence-electron chi connectivity index (χ2n) is 3.65. The number of hydrogen-bond acceptors (Lipinski definition) is 6. The molecule has 0 heterocycles. The summed E-state index contributed by atoms with van der Waals surface area (Å²) in [4.78, 5) is 19.8. The third-order valence-corrected chi connectivity index (χ3v) is 2.11. The average molecular weight is 256 g/mol. The molecule has 6 nitrogen and oxygen atoms in total. The summed E-state index contributed by atoms with van der Waals surface area (Å²) in [6.07, 6.45) is 0. The number of thiol groups is 1. The minimum absolute atomic E-state index is 0.00414. The summed E-state index contributed by atoms with van der Waals surface area (Å²) in [5.41, 5.74) is 6.03. The van der Waals surface area contributed by atoms with Crippen molar-refractivity contribution in [1.82, 2.24) is 0 Å². The lowest BCUT2D eigenvalue weighted by atomic mass is 10.2. The van der Waals surface area contributed by atoms with Crippen LogP contribution in [-0.4, -0.2) is 15.8 Å². The Morgan fingerprint density at radius 2 is 2.06 bits per heavy atom. The highest BCUT2D eigenvalue weighted by atomic mass is 32.1. The van der Waals surface area contributed by atoms with E-state index in [1.807, 2.05) is 0 Å². The quantitative estimate of drug-likeness (QED) is 0.278. The number of ether oxygens (including phenoxy) is 1. The Labute approximate surface area is 103 Å². The van der Waals surface area contributed by atoms with E-state index in [9.17, 15) is 14.9 Å². The Bertz CT molecular complexity index is 425. The predicted octanol–water partition coefficient (Wildman–Crippen LogP) is 1.24. The lowest BCUT2D eigenvalue weighted by molar-refractivity contribution is -0.384. The van der Waals surface area contributed by atoms with Gasteiger partial charge in [-0.2, -0.15) is 0 Å². The van der Waals surface area contributed by atoms with Crippen molar-refractivity contribution in [2.75, 3.05) is 0 Å². The van der Waals surface area contributed by atoms with Crippen molar-refractivity contribution in [2.45, 2.75) is 18.4 Å². The number of esters is 1. The molecule has 2 N–H and O–H groups in total. The molecule has 0 aliphatic carbocycles. The molecule has 1 aromatic carbocycles. The molecule has 0 saturated carbocycles. The Morgan fingerprint density at radius 1 is 1.53 bits per heavy atom. The maximum Gasteiger partial charge on any atom is 0.336 e. The van der Waals surface area contributed by atoms with E-state index in [4.69, 9.17) is 10.5 Å². The van der Waals surface area contributed by atoms with Crippen molar-refractivity contribution in [3.05, 3.63) is 39.9 Å². The van der Waals surface area contributed by atoms with Gasteiger partial charge in [-0.15, -0.1) is 12.6 Å². The van der Waals surface area contributed by atoms with E-state index >= 15 is 0 Å². The first kappa shape index (κ1) is 13.5. The monoisotopic (exact) mass is 256 g/mol. The SMILES string of the molecule is CC(N)(S)C(=O)OCc1ccc([N+](=O)[O-])cc1. The molecule has 1 rings (SSSR count). The maximum absolute atomic E-state index is 11.3. The summed E-state index contributed by atoms with van der Waals surface area (Å²) in [6.45, 7) is 1.42. The second kappa shape index (κ2) is 5.15. The minimum Gasteiger partial charge on any atom is -0.459 e. The highest BCUT2D eigenvalue weighted by Gasteiger charge is 2.24. The van der Waals surface area contributed by atoms with Gasteiger partial charge in [0.05, 0.1) is 4.92 Å². The molecule has 17 heavy (non-hydrogen) atoms. The maximum atomic E-state index is 11.3. The average Bonchev–Trinajstić information content (AvgIpc) is 2.25. The van der Waals surface area contributed by atoms with Crippen LogP contribution in [0.3, 0.4) is 0 Å². The van der Waals surface area contributed by atoms with Crippen LogP contribution in [0.25, 0.3) is 0 Å². The van der Waals surface area contributed by atoms with E-state index in [0.29, 0.717) is 5.56 Å². The summed E-state index contributed by atoms with van der Waals surface area (Å²) < 4.78 is 4.88. The topological polar surface area (TPSA) is 95.5 Å². The minimum atomic E-state index is -1.35. The number of hydrogen-bond donors (Lipinski definition) is 2. The lowest BCUT2D eigenvalue weighted by Crippen LogP contribution is -2.40. The van der Waals surface area contributed by atoms with Gasteiger partial charge in [0.25, 0.3) is 5.69 Å². The van der Waals surface area contributed by atoms with Crippen molar-refractivity contribution in [2.24, 2.45) is 5.73 Å². The van der Waals surface area contributed by atoms with Crippen molar-refractivity contribution in [3.8, 4) is 0 Å². The van der Waals surface area contributed by atoms with Crippen molar-refractivity contribution < 1.29 is 14.5 Å². The van der Waals surface area contributed by atoms with Gasteiger partial charge in [0.2, 0.25) is 0 Å². The molecule has 1 aromatic rings. The van der Waals surface area contributed by atoms with E-state index in [0.717, 1.165) is 0 Å². The van der Waals surface area contributed by atoms with Crippen molar-refractivity contribution in [3.63, 3.8) is 0 Å². The van der Waals surface area contributed by atoms with Crippen LogP contribution in [0.2, 0.25) is 0 Å². The molecule has 0 aliphatic rings. The van der Waals surface area contributed by atoms with Crippen LogP contribution >= 0.6 is 12.6 Å². The molecular formula is C10H12N2O4S. The van der Waals surface area contributed by atoms with Gasteiger partial charge >= 0.3 is 5.97 Å². The third-order valence-electron chi connectivity index (χ3n) is 1.93. The van der Waals surface area contributed by atoms with Crippen molar-refractivity contribution in [1.29, 1.82) is 0 Å². The zero-order valence-corrected chi connectivity index (χ0v) is 10.0. The fourth-order valence-corrected chi connectivity index (χ4v) is 1.07. The molecule has 1 unspecified atom stereocenters. The second-order valence-corrected chi connectivity index (χ2v) is 4.58. The Balaban J connectivity index is 2.59. The van der Waals surface area contributed by atoms with Crippen LogP contribution in [0.5, 0.6) is 0 Å². The van der Waals surface area contributed by atoms with Crippen molar-refractivity contribution >= 4 is 24.3 Å².